The van der Waals surface area contributed by atoms with Crippen LogP contribution in [0.3, 0.4) is 0 Å². The average Bonchev–Trinajstić information content (AvgIpc) is 3.06. The quantitative estimate of drug-likeness (QED) is 0.719. The van der Waals surface area contributed by atoms with Gasteiger partial charge in [-0.3, -0.25) is 9.59 Å². The van der Waals surface area contributed by atoms with Crippen LogP contribution in [-0.2, 0) is 9.59 Å². The molecule has 1 fully saturated rings. The van der Waals surface area contributed by atoms with E-state index < -0.39 is 0 Å². The van der Waals surface area contributed by atoms with Crippen molar-refractivity contribution in [1.82, 2.24) is 20.4 Å². The average molecular weight is 364 g/mol. The molecule has 1 unspecified atom stereocenters. The number of benzene rings is 1. The fourth-order valence-corrected chi connectivity index (χ4v) is 2.53. The highest BCUT2D eigenvalue weighted by Crippen LogP contribution is 2.15. The molecule has 1 aromatic carbocycles. The van der Waals surface area contributed by atoms with Crippen molar-refractivity contribution < 1.29 is 9.59 Å². The Bertz CT molecular complexity index is 698. The van der Waals surface area contributed by atoms with E-state index in [2.05, 4.69) is 21.0 Å². The minimum atomic E-state index is -0.242. The van der Waals surface area contributed by atoms with E-state index in [1.54, 1.807) is 23.0 Å². The Morgan fingerprint density at radius 2 is 2.04 bits per heavy atom. The Morgan fingerprint density at radius 3 is 2.60 bits per heavy atom. The van der Waals surface area contributed by atoms with Gasteiger partial charge in [-0.1, -0.05) is 6.92 Å². The van der Waals surface area contributed by atoms with Gasteiger partial charge in [-0.2, -0.15) is 5.10 Å². The first-order valence-electron chi connectivity index (χ1n) is 8.02. The van der Waals surface area contributed by atoms with Crippen LogP contribution >= 0.6 is 12.4 Å². The zero-order valence-corrected chi connectivity index (χ0v) is 14.8. The summed E-state index contributed by atoms with van der Waals surface area (Å²) in [7, 11) is 0. The summed E-state index contributed by atoms with van der Waals surface area (Å²) in [6.07, 6.45) is 3.56. The molecule has 1 saturated heterocycles. The summed E-state index contributed by atoms with van der Waals surface area (Å²) in [6, 6.07) is 9.19. The smallest absolute Gasteiger partial charge is 0.243 e. The number of carbonyl (C=O) groups is 2. The van der Waals surface area contributed by atoms with Crippen molar-refractivity contribution in [2.24, 2.45) is 11.8 Å². The van der Waals surface area contributed by atoms with E-state index >= 15 is 0 Å². The van der Waals surface area contributed by atoms with Crippen LogP contribution in [0.4, 0.5) is 5.69 Å². The van der Waals surface area contributed by atoms with E-state index in [4.69, 9.17) is 0 Å². The summed E-state index contributed by atoms with van der Waals surface area (Å²) in [6.45, 7) is 3.60. The van der Waals surface area contributed by atoms with E-state index in [0.29, 0.717) is 11.6 Å². The first kappa shape index (κ1) is 19.0. The summed E-state index contributed by atoms with van der Waals surface area (Å²) in [5.74, 6) is -0.0323. The maximum Gasteiger partial charge on any atom is 0.243 e. The molecule has 1 aliphatic heterocycles. The van der Waals surface area contributed by atoms with Gasteiger partial charge < -0.3 is 16.0 Å². The molecule has 3 rings (SSSR count). The van der Waals surface area contributed by atoms with E-state index in [1.165, 1.54) is 0 Å². The Kier molecular flexibility index (Phi) is 6.55. The zero-order valence-electron chi connectivity index (χ0n) is 13.9. The molecular weight excluding hydrogens is 342 g/mol. The molecule has 8 heteroatoms. The Morgan fingerprint density at radius 1 is 1.32 bits per heavy atom. The summed E-state index contributed by atoms with van der Waals surface area (Å²) in [5, 5.41) is 12.8. The molecule has 3 N–H and O–H groups in total. The van der Waals surface area contributed by atoms with E-state index in [0.717, 1.165) is 18.8 Å². The lowest BCUT2D eigenvalue weighted by atomic mass is 9.88. The molecule has 0 aliphatic carbocycles. The third kappa shape index (κ3) is 4.80. The van der Waals surface area contributed by atoms with Crippen molar-refractivity contribution in [2.45, 2.75) is 6.92 Å². The second-order valence-electron chi connectivity index (χ2n) is 5.97. The molecule has 2 aromatic rings. The highest BCUT2D eigenvalue weighted by atomic mass is 35.5. The number of hydrogen-bond acceptors (Lipinski definition) is 4. The Hall–Kier alpha value is -2.38. The summed E-state index contributed by atoms with van der Waals surface area (Å²) in [4.78, 5) is 23.9. The molecule has 0 spiro atoms. The van der Waals surface area contributed by atoms with Gasteiger partial charge in [-0.05, 0) is 49.3 Å². The van der Waals surface area contributed by atoms with Crippen molar-refractivity contribution in [2.75, 3.05) is 25.0 Å². The highest BCUT2D eigenvalue weighted by Gasteiger charge is 2.28. The van der Waals surface area contributed by atoms with Crippen LogP contribution in [0, 0.1) is 11.8 Å². The summed E-state index contributed by atoms with van der Waals surface area (Å²) in [5.41, 5.74) is 1.59. The first-order valence-corrected chi connectivity index (χ1v) is 8.02. The number of aromatic nitrogens is 2. The topological polar surface area (TPSA) is 88.1 Å². The van der Waals surface area contributed by atoms with Gasteiger partial charge in [0.05, 0.1) is 12.2 Å². The molecule has 2 amide bonds. The third-order valence-electron chi connectivity index (χ3n) is 4.28. The van der Waals surface area contributed by atoms with Crippen molar-refractivity contribution >= 4 is 29.9 Å². The number of anilines is 1. The first-order chi connectivity index (χ1) is 11.6. The molecule has 25 heavy (non-hydrogen) atoms. The van der Waals surface area contributed by atoms with Gasteiger partial charge in [-0.25, -0.2) is 4.68 Å². The second-order valence-corrected chi connectivity index (χ2v) is 5.97. The molecule has 2 heterocycles. The molecule has 0 saturated carbocycles. The minimum absolute atomic E-state index is 0. The van der Waals surface area contributed by atoms with Crippen LogP contribution < -0.4 is 16.0 Å². The van der Waals surface area contributed by atoms with Crippen molar-refractivity contribution in [3.63, 3.8) is 0 Å². The molecular formula is C17H22ClN5O2. The third-order valence-corrected chi connectivity index (χ3v) is 4.28. The molecule has 7 nitrogen and oxygen atoms in total. The number of rotatable bonds is 6. The summed E-state index contributed by atoms with van der Waals surface area (Å²) < 4.78 is 1.74. The van der Waals surface area contributed by atoms with Crippen molar-refractivity contribution in [3.8, 4) is 5.69 Å². The van der Waals surface area contributed by atoms with Gasteiger partial charge in [0, 0.05) is 24.0 Å². The molecule has 1 aromatic heterocycles. The number of nitrogens with zero attached hydrogens (tertiary/aromatic N) is 2. The predicted molar refractivity (Wildman–Crippen MR) is 98.0 cm³/mol. The zero-order chi connectivity index (χ0) is 16.9. The van der Waals surface area contributed by atoms with Crippen LogP contribution in [0.5, 0.6) is 0 Å². The van der Waals surface area contributed by atoms with Gasteiger partial charge in [0.1, 0.15) is 0 Å². The Labute approximate surface area is 152 Å². The number of carbonyl (C=O) groups excluding carboxylic acids is 2. The molecule has 1 atom stereocenters. The van der Waals surface area contributed by atoms with Crippen molar-refractivity contribution in [3.05, 3.63) is 42.7 Å². The van der Waals surface area contributed by atoms with Gasteiger partial charge in [0.2, 0.25) is 11.8 Å². The lowest BCUT2D eigenvalue weighted by molar-refractivity contribution is -0.128. The number of halogens is 1. The van der Waals surface area contributed by atoms with E-state index in [-0.39, 0.29) is 36.7 Å². The molecule has 1 aliphatic rings. The molecule has 0 bridgehead atoms. The van der Waals surface area contributed by atoms with Gasteiger partial charge in [0.25, 0.3) is 0 Å². The summed E-state index contributed by atoms with van der Waals surface area (Å²) >= 11 is 0. The minimum Gasteiger partial charge on any atom is -0.347 e. The highest BCUT2D eigenvalue weighted by molar-refractivity contribution is 5.94. The molecule has 134 valence electrons. The van der Waals surface area contributed by atoms with Gasteiger partial charge in [0.15, 0.2) is 0 Å². The van der Waals surface area contributed by atoms with Crippen molar-refractivity contribution in [1.29, 1.82) is 0 Å². The maximum atomic E-state index is 12.0. The Balaban J connectivity index is 0.00000225. The number of amides is 2. The van der Waals surface area contributed by atoms with Crippen LogP contribution in [0.25, 0.3) is 5.69 Å². The standard InChI is InChI=1S/C17H21N5O2.ClH/c1-12(13-9-18-10-13)17(24)19-11-16(23)21-14-3-5-15(6-4-14)22-8-2-7-20-22;/h2-8,12-13,18H,9-11H2,1H3,(H,19,24)(H,21,23);1H. The van der Waals surface area contributed by atoms with Gasteiger partial charge >= 0.3 is 0 Å². The number of nitrogens with one attached hydrogen (secondary N) is 3. The van der Waals surface area contributed by atoms with E-state index in [9.17, 15) is 9.59 Å². The van der Waals surface area contributed by atoms with Crippen LogP contribution in [-0.4, -0.2) is 41.2 Å². The lowest BCUT2D eigenvalue weighted by Gasteiger charge is -2.31. The second kappa shape index (κ2) is 8.64. The van der Waals surface area contributed by atoms with Crippen LogP contribution in [0.2, 0.25) is 0 Å². The van der Waals surface area contributed by atoms with E-state index in [1.807, 2.05) is 31.3 Å². The normalized spacial score (nSPS) is 14.8. The fourth-order valence-electron chi connectivity index (χ4n) is 2.53. The lowest BCUT2D eigenvalue weighted by Crippen LogP contribution is -2.50. The van der Waals surface area contributed by atoms with Gasteiger partial charge in [-0.15, -0.1) is 12.4 Å². The fraction of sp³-hybridized carbons (Fsp3) is 0.353. The van der Waals surface area contributed by atoms with Crippen LogP contribution in [0.15, 0.2) is 42.7 Å². The number of hydrogen-bond donors (Lipinski definition) is 3. The molecule has 0 radical (unpaired) electrons. The monoisotopic (exact) mass is 363 g/mol. The largest absolute Gasteiger partial charge is 0.347 e. The SMILES string of the molecule is CC(C(=O)NCC(=O)Nc1ccc(-n2cccn2)cc1)C1CNC1.Cl. The predicted octanol–water partition coefficient (Wildman–Crippen LogP) is 1.20. The maximum absolute atomic E-state index is 12.0. The van der Waals surface area contributed by atoms with Crippen LogP contribution in [0.1, 0.15) is 6.92 Å².